The Morgan fingerprint density at radius 1 is 1.07 bits per heavy atom. The maximum Gasteiger partial charge on any atom is 0.320 e. The van der Waals surface area contributed by atoms with Crippen LogP contribution in [0.4, 0.5) is 4.79 Å². The monoisotopic (exact) mass is 383 g/mol. The molecule has 3 amide bonds. The van der Waals surface area contributed by atoms with Gasteiger partial charge in [-0.3, -0.25) is 4.79 Å². The normalized spacial score (nSPS) is 19.6. The van der Waals surface area contributed by atoms with Crippen molar-refractivity contribution >= 4 is 11.9 Å². The van der Waals surface area contributed by atoms with E-state index >= 15 is 0 Å². The Balaban J connectivity index is 1.29. The molecule has 28 heavy (non-hydrogen) atoms. The summed E-state index contributed by atoms with van der Waals surface area (Å²) in [7, 11) is 0. The number of piperidine rings is 1. The van der Waals surface area contributed by atoms with E-state index in [0.29, 0.717) is 18.9 Å². The Hall–Kier alpha value is -2.97. The number of nitrogens with zero attached hydrogens (tertiary/aromatic N) is 5. The summed E-state index contributed by atoms with van der Waals surface area (Å²) in [4.78, 5) is 29.0. The number of hydrogen-bond acceptors (Lipinski definition) is 5. The third-order valence-electron chi connectivity index (χ3n) is 5.46. The molecule has 1 aromatic heterocycles. The van der Waals surface area contributed by atoms with Gasteiger partial charge in [-0.25, -0.2) is 4.79 Å². The highest BCUT2D eigenvalue weighted by molar-refractivity contribution is 5.81. The van der Waals surface area contributed by atoms with Crippen molar-refractivity contribution in [3.8, 4) is 11.4 Å². The van der Waals surface area contributed by atoms with Crippen LogP contribution in [0.1, 0.15) is 31.2 Å². The van der Waals surface area contributed by atoms with E-state index in [9.17, 15) is 9.59 Å². The molecule has 0 saturated carbocycles. The molecule has 9 nitrogen and oxygen atoms in total. The fraction of sp³-hybridized carbons (Fsp3) is 0.526. The van der Waals surface area contributed by atoms with Gasteiger partial charge in [-0.1, -0.05) is 24.3 Å². The van der Waals surface area contributed by atoms with Crippen molar-refractivity contribution in [1.82, 2.24) is 35.7 Å². The highest BCUT2D eigenvalue weighted by Crippen LogP contribution is 2.20. The van der Waals surface area contributed by atoms with Crippen molar-refractivity contribution < 1.29 is 9.59 Å². The summed E-state index contributed by atoms with van der Waals surface area (Å²) in [6, 6.07) is 7.78. The van der Waals surface area contributed by atoms with E-state index in [1.807, 2.05) is 34.1 Å². The lowest BCUT2D eigenvalue weighted by Crippen LogP contribution is -2.49. The number of carbonyl (C=O) groups excluding carboxylic acids is 2. The second-order valence-electron chi connectivity index (χ2n) is 7.41. The number of rotatable bonds is 4. The summed E-state index contributed by atoms with van der Waals surface area (Å²) in [6.45, 7) is 3.40. The summed E-state index contributed by atoms with van der Waals surface area (Å²) in [6.07, 6.45) is 3.85. The molecule has 2 N–H and O–H groups in total. The van der Waals surface area contributed by atoms with Gasteiger partial charge in [0.1, 0.15) is 0 Å². The summed E-state index contributed by atoms with van der Waals surface area (Å²) in [5, 5.41) is 16.9. The molecule has 0 bridgehead atoms. The second kappa shape index (κ2) is 8.37. The van der Waals surface area contributed by atoms with E-state index in [0.717, 1.165) is 56.4 Å². The number of H-pyrrole nitrogens is 1. The number of urea groups is 1. The van der Waals surface area contributed by atoms with Gasteiger partial charge in [-0.05, 0) is 36.5 Å². The molecule has 1 atom stereocenters. The number of aromatic nitrogens is 4. The fourth-order valence-electron chi connectivity index (χ4n) is 3.86. The Morgan fingerprint density at radius 3 is 2.54 bits per heavy atom. The summed E-state index contributed by atoms with van der Waals surface area (Å²) in [5.74, 6) is 0.417. The van der Waals surface area contributed by atoms with Gasteiger partial charge in [-0.2, -0.15) is 5.21 Å². The molecule has 0 spiro atoms. The molecule has 148 valence electrons. The van der Waals surface area contributed by atoms with E-state index < -0.39 is 0 Å². The number of carbonyl (C=O) groups is 2. The molecular formula is C19H25N7O2. The van der Waals surface area contributed by atoms with Crippen molar-refractivity contribution in [3.63, 3.8) is 0 Å². The smallest absolute Gasteiger partial charge is 0.320 e. The number of hydrogen-bond donors (Lipinski definition) is 2. The van der Waals surface area contributed by atoms with Crippen molar-refractivity contribution in [1.29, 1.82) is 0 Å². The zero-order chi connectivity index (χ0) is 19.3. The van der Waals surface area contributed by atoms with E-state index in [1.165, 1.54) is 0 Å². The Bertz CT molecular complexity index is 800. The topological polar surface area (TPSA) is 107 Å². The minimum absolute atomic E-state index is 0.0150. The molecule has 0 aliphatic carbocycles. The SMILES string of the molecule is O=C(NCc1ccc(-c2nn[nH]n2)cc1)C1CCCN(C(=O)N2CCCC2)C1. The lowest BCUT2D eigenvalue weighted by atomic mass is 9.97. The highest BCUT2D eigenvalue weighted by atomic mass is 16.2. The molecule has 1 unspecified atom stereocenters. The molecule has 9 heteroatoms. The van der Waals surface area contributed by atoms with Gasteiger partial charge in [0.05, 0.1) is 5.92 Å². The van der Waals surface area contributed by atoms with E-state index in [2.05, 4.69) is 25.9 Å². The van der Waals surface area contributed by atoms with Crippen LogP contribution in [0.25, 0.3) is 11.4 Å². The fourth-order valence-corrected chi connectivity index (χ4v) is 3.86. The molecule has 3 heterocycles. The largest absolute Gasteiger partial charge is 0.352 e. The van der Waals surface area contributed by atoms with Crippen LogP contribution in [0.2, 0.25) is 0 Å². The van der Waals surface area contributed by atoms with Crippen LogP contribution in [0.5, 0.6) is 0 Å². The number of benzene rings is 1. The van der Waals surface area contributed by atoms with Gasteiger partial charge in [0.15, 0.2) is 0 Å². The van der Waals surface area contributed by atoms with Crippen LogP contribution in [0, 0.1) is 5.92 Å². The molecule has 2 saturated heterocycles. The minimum atomic E-state index is -0.140. The number of nitrogens with one attached hydrogen (secondary N) is 2. The molecule has 2 aliphatic heterocycles. The average Bonchev–Trinajstić information content (AvgIpc) is 3.46. The molecule has 2 aromatic rings. The van der Waals surface area contributed by atoms with Crippen LogP contribution >= 0.6 is 0 Å². The molecular weight excluding hydrogens is 358 g/mol. The van der Waals surface area contributed by atoms with E-state index in [1.54, 1.807) is 0 Å². The zero-order valence-electron chi connectivity index (χ0n) is 15.8. The van der Waals surface area contributed by atoms with Crippen molar-refractivity contribution in [2.24, 2.45) is 5.92 Å². The number of tetrazole rings is 1. The predicted molar refractivity (Wildman–Crippen MR) is 102 cm³/mol. The number of amides is 3. The zero-order valence-corrected chi connectivity index (χ0v) is 15.8. The summed E-state index contributed by atoms with van der Waals surface area (Å²) in [5.41, 5.74) is 1.87. The highest BCUT2D eigenvalue weighted by Gasteiger charge is 2.31. The average molecular weight is 383 g/mol. The van der Waals surface area contributed by atoms with Gasteiger partial charge >= 0.3 is 6.03 Å². The molecule has 1 aromatic carbocycles. The third kappa shape index (κ3) is 4.13. The third-order valence-corrected chi connectivity index (χ3v) is 5.46. The number of aromatic amines is 1. The van der Waals surface area contributed by atoms with Gasteiger partial charge in [-0.15, -0.1) is 10.2 Å². The van der Waals surface area contributed by atoms with Crippen molar-refractivity contribution in [3.05, 3.63) is 29.8 Å². The lowest BCUT2D eigenvalue weighted by Gasteiger charge is -2.34. The van der Waals surface area contributed by atoms with Gasteiger partial charge in [0, 0.05) is 38.3 Å². The predicted octanol–water partition coefficient (Wildman–Crippen LogP) is 1.41. The van der Waals surface area contributed by atoms with Crippen LogP contribution < -0.4 is 5.32 Å². The van der Waals surface area contributed by atoms with Crippen LogP contribution in [0.15, 0.2) is 24.3 Å². The molecule has 2 aliphatic rings. The molecule has 0 radical (unpaired) electrons. The second-order valence-corrected chi connectivity index (χ2v) is 7.41. The van der Waals surface area contributed by atoms with Gasteiger partial charge < -0.3 is 15.1 Å². The first kappa shape index (κ1) is 18.4. The first-order valence-electron chi connectivity index (χ1n) is 9.85. The van der Waals surface area contributed by atoms with E-state index in [-0.39, 0.29) is 17.9 Å². The Labute approximate surface area is 163 Å². The van der Waals surface area contributed by atoms with Crippen LogP contribution in [-0.4, -0.2) is 68.5 Å². The van der Waals surface area contributed by atoms with Crippen molar-refractivity contribution in [2.75, 3.05) is 26.2 Å². The first-order chi connectivity index (χ1) is 13.7. The Kier molecular flexibility index (Phi) is 5.50. The van der Waals surface area contributed by atoms with Crippen LogP contribution in [-0.2, 0) is 11.3 Å². The quantitative estimate of drug-likeness (QED) is 0.830. The van der Waals surface area contributed by atoms with Gasteiger partial charge in [0.25, 0.3) is 0 Å². The van der Waals surface area contributed by atoms with Crippen LogP contribution in [0.3, 0.4) is 0 Å². The summed E-state index contributed by atoms with van der Waals surface area (Å²) >= 11 is 0. The lowest BCUT2D eigenvalue weighted by molar-refractivity contribution is -0.126. The maximum atomic E-state index is 12.6. The number of likely N-dealkylation sites (tertiary alicyclic amines) is 2. The standard InChI is InChI=1S/C19H25N7O2/c27-18(16-4-3-11-26(13-16)19(28)25-9-1-2-10-25)20-12-14-5-7-15(8-6-14)17-21-23-24-22-17/h5-8,16H,1-4,9-13H2,(H,20,27)(H,21,22,23,24). The molecule has 2 fully saturated rings. The maximum absolute atomic E-state index is 12.6. The molecule has 4 rings (SSSR count). The Morgan fingerprint density at radius 2 is 1.82 bits per heavy atom. The van der Waals surface area contributed by atoms with E-state index in [4.69, 9.17) is 0 Å². The first-order valence-corrected chi connectivity index (χ1v) is 9.85. The minimum Gasteiger partial charge on any atom is -0.352 e. The van der Waals surface area contributed by atoms with Crippen molar-refractivity contribution in [2.45, 2.75) is 32.2 Å². The summed E-state index contributed by atoms with van der Waals surface area (Å²) < 4.78 is 0. The van der Waals surface area contributed by atoms with Gasteiger partial charge in [0.2, 0.25) is 11.7 Å².